The van der Waals surface area contributed by atoms with Crippen molar-refractivity contribution >= 4 is 17.9 Å². The minimum absolute atomic E-state index is 0.00603. The molecule has 0 saturated carbocycles. The highest BCUT2D eigenvalue weighted by atomic mass is 16.5. The zero-order valence-electron chi connectivity index (χ0n) is 10.9. The van der Waals surface area contributed by atoms with Crippen molar-refractivity contribution in [3.8, 4) is 11.5 Å². The Kier molecular flexibility index (Phi) is 4.35. The number of anilines is 1. The molecule has 7 nitrogen and oxygen atoms in total. The van der Waals surface area contributed by atoms with Gasteiger partial charge in [0.1, 0.15) is 6.61 Å². The standard InChI is InChI=1S/C14H12N2O5/c1-2-8-20-14(19)16-12-10(13(17)18)15-11(21-12)9-6-4-3-5-7-9/h2-7H,1,8H2,(H,16,19)(H,17,18). The lowest BCUT2D eigenvalue weighted by molar-refractivity contribution is 0.0692. The van der Waals surface area contributed by atoms with Gasteiger partial charge >= 0.3 is 12.1 Å². The third-order valence-corrected chi connectivity index (χ3v) is 2.40. The Morgan fingerprint density at radius 3 is 2.71 bits per heavy atom. The first-order valence-electron chi connectivity index (χ1n) is 5.96. The second kappa shape index (κ2) is 6.38. The Morgan fingerprint density at radius 1 is 1.38 bits per heavy atom. The highest BCUT2D eigenvalue weighted by Gasteiger charge is 2.22. The number of carboxylic acids is 1. The average molecular weight is 288 g/mol. The number of benzene rings is 1. The number of ether oxygens (including phenoxy) is 1. The average Bonchev–Trinajstić information content (AvgIpc) is 2.90. The van der Waals surface area contributed by atoms with Crippen molar-refractivity contribution in [2.24, 2.45) is 0 Å². The lowest BCUT2D eigenvalue weighted by Crippen LogP contribution is -2.15. The van der Waals surface area contributed by atoms with Crippen molar-refractivity contribution in [1.29, 1.82) is 0 Å². The molecule has 7 heteroatoms. The van der Waals surface area contributed by atoms with Gasteiger partial charge in [-0.3, -0.25) is 5.32 Å². The summed E-state index contributed by atoms with van der Waals surface area (Å²) in [6.45, 7) is 3.39. The molecule has 0 saturated heterocycles. The van der Waals surface area contributed by atoms with E-state index in [0.717, 1.165) is 0 Å². The first kappa shape index (κ1) is 14.3. The summed E-state index contributed by atoms with van der Waals surface area (Å²) in [4.78, 5) is 26.4. The lowest BCUT2D eigenvalue weighted by Gasteiger charge is -2.02. The van der Waals surface area contributed by atoms with E-state index in [4.69, 9.17) is 14.3 Å². The number of aromatic nitrogens is 1. The fraction of sp³-hybridized carbons (Fsp3) is 0.0714. The van der Waals surface area contributed by atoms with Gasteiger partial charge < -0.3 is 14.3 Å². The number of nitrogens with one attached hydrogen (secondary N) is 1. The van der Waals surface area contributed by atoms with Crippen molar-refractivity contribution in [2.45, 2.75) is 0 Å². The van der Waals surface area contributed by atoms with Crippen LogP contribution in [0.3, 0.4) is 0 Å². The summed E-state index contributed by atoms with van der Waals surface area (Å²) in [6, 6.07) is 8.72. The van der Waals surface area contributed by atoms with E-state index in [0.29, 0.717) is 5.56 Å². The SMILES string of the molecule is C=CCOC(=O)Nc1oc(-c2ccccc2)nc1C(=O)O. The number of carbonyl (C=O) groups excluding carboxylic acids is 1. The van der Waals surface area contributed by atoms with Crippen molar-refractivity contribution in [2.75, 3.05) is 11.9 Å². The normalized spacial score (nSPS) is 9.90. The summed E-state index contributed by atoms with van der Waals surface area (Å²) in [5, 5.41) is 11.3. The third-order valence-electron chi connectivity index (χ3n) is 2.40. The fourth-order valence-electron chi connectivity index (χ4n) is 1.52. The number of oxazole rings is 1. The fourth-order valence-corrected chi connectivity index (χ4v) is 1.52. The molecule has 0 radical (unpaired) electrons. The first-order chi connectivity index (χ1) is 10.1. The van der Waals surface area contributed by atoms with E-state index in [9.17, 15) is 9.59 Å². The number of nitrogens with zero attached hydrogens (tertiary/aromatic N) is 1. The maximum absolute atomic E-state index is 11.4. The van der Waals surface area contributed by atoms with E-state index >= 15 is 0 Å². The second-order valence-electron chi connectivity index (χ2n) is 3.88. The van der Waals surface area contributed by atoms with E-state index in [2.05, 4.69) is 16.9 Å². The first-order valence-corrected chi connectivity index (χ1v) is 5.96. The van der Waals surface area contributed by atoms with E-state index in [1.807, 2.05) is 0 Å². The van der Waals surface area contributed by atoms with Crippen LogP contribution < -0.4 is 5.32 Å². The predicted octanol–water partition coefficient (Wildman–Crippen LogP) is 2.77. The molecule has 0 spiro atoms. The molecule has 2 N–H and O–H groups in total. The van der Waals surface area contributed by atoms with Gasteiger partial charge in [-0.1, -0.05) is 30.9 Å². The Bertz CT molecular complexity index is 663. The van der Waals surface area contributed by atoms with Crippen LogP contribution in [0.5, 0.6) is 0 Å². The molecule has 21 heavy (non-hydrogen) atoms. The van der Waals surface area contributed by atoms with Crippen molar-refractivity contribution in [3.05, 3.63) is 48.7 Å². The number of rotatable bonds is 5. The maximum atomic E-state index is 11.4. The van der Waals surface area contributed by atoms with Gasteiger partial charge in [-0.05, 0) is 12.1 Å². The molecular weight excluding hydrogens is 276 g/mol. The van der Waals surface area contributed by atoms with E-state index in [1.165, 1.54) is 6.08 Å². The van der Waals surface area contributed by atoms with Gasteiger partial charge in [0.15, 0.2) is 0 Å². The highest BCUT2D eigenvalue weighted by molar-refractivity contribution is 5.95. The van der Waals surface area contributed by atoms with Gasteiger partial charge in [0.2, 0.25) is 17.5 Å². The van der Waals surface area contributed by atoms with Crippen molar-refractivity contribution in [3.63, 3.8) is 0 Å². The molecule has 0 fully saturated rings. The largest absolute Gasteiger partial charge is 0.476 e. The Morgan fingerprint density at radius 2 is 2.10 bits per heavy atom. The zero-order valence-corrected chi connectivity index (χ0v) is 10.9. The smallest absolute Gasteiger partial charge is 0.414 e. The summed E-state index contributed by atoms with van der Waals surface area (Å²) in [5.41, 5.74) is 0.192. The van der Waals surface area contributed by atoms with E-state index in [-0.39, 0.29) is 18.4 Å². The molecule has 1 aromatic heterocycles. The number of hydrogen-bond donors (Lipinski definition) is 2. The molecule has 1 amide bonds. The molecular formula is C14H12N2O5. The Balaban J connectivity index is 2.28. The minimum Gasteiger partial charge on any atom is -0.476 e. The van der Waals surface area contributed by atoms with Crippen molar-refractivity contribution < 1.29 is 23.8 Å². The monoisotopic (exact) mass is 288 g/mol. The molecule has 0 unspecified atom stereocenters. The predicted molar refractivity (Wildman–Crippen MR) is 74.1 cm³/mol. The van der Waals surface area contributed by atoms with Gasteiger partial charge in [0.25, 0.3) is 0 Å². The Hall–Kier alpha value is -3.09. The highest BCUT2D eigenvalue weighted by Crippen LogP contribution is 2.25. The molecule has 0 bridgehead atoms. The summed E-state index contributed by atoms with van der Waals surface area (Å²) >= 11 is 0. The second-order valence-corrected chi connectivity index (χ2v) is 3.88. The van der Waals surface area contributed by atoms with Crippen LogP contribution in [-0.2, 0) is 4.74 Å². The number of aromatic carboxylic acids is 1. The molecule has 2 rings (SSSR count). The van der Waals surface area contributed by atoms with Gasteiger partial charge in [0, 0.05) is 5.56 Å². The van der Waals surface area contributed by atoms with Gasteiger partial charge in [-0.15, -0.1) is 0 Å². The van der Waals surface area contributed by atoms with E-state index < -0.39 is 17.8 Å². The molecule has 1 aromatic carbocycles. The lowest BCUT2D eigenvalue weighted by atomic mass is 10.2. The number of carbonyl (C=O) groups is 2. The molecule has 0 aliphatic heterocycles. The number of carboxylic acid groups (broad SMARTS) is 1. The maximum Gasteiger partial charge on any atom is 0.414 e. The number of hydrogen-bond acceptors (Lipinski definition) is 5. The van der Waals surface area contributed by atoms with Gasteiger partial charge in [0.05, 0.1) is 0 Å². The molecule has 108 valence electrons. The quantitative estimate of drug-likeness (QED) is 0.820. The van der Waals surface area contributed by atoms with Gasteiger partial charge in [-0.2, -0.15) is 4.98 Å². The summed E-state index contributed by atoms with van der Waals surface area (Å²) in [5.74, 6) is -1.51. The van der Waals surface area contributed by atoms with Crippen LogP contribution in [0.1, 0.15) is 10.5 Å². The summed E-state index contributed by atoms with van der Waals surface area (Å²) < 4.78 is 9.98. The van der Waals surface area contributed by atoms with Crippen LogP contribution >= 0.6 is 0 Å². The molecule has 0 atom stereocenters. The molecule has 0 aliphatic rings. The van der Waals surface area contributed by atoms with Gasteiger partial charge in [-0.25, -0.2) is 9.59 Å². The Labute approximate surface area is 119 Å². The van der Waals surface area contributed by atoms with E-state index in [1.54, 1.807) is 30.3 Å². The van der Waals surface area contributed by atoms with Crippen LogP contribution in [0.25, 0.3) is 11.5 Å². The van der Waals surface area contributed by atoms with Crippen LogP contribution in [0.2, 0.25) is 0 Å². The van der Waals surface area contributed by atoms with Crippen LogP contribution in [0.4, 0.5) is 10.7 Å². The minimum atomic E-state index is -1.32. The molecule has 0 aliphatic carbocycles. The molecule has 1 heterocycles. The number of amides is 1. The van der Waals surface area contributed by atoms with Crippen LogP contribution in [0.15, 0.2) is 47.4 Å². The summed E-state index contributed by atoms with van der Waals surface area (Å²) in [7, 11) is 0. The zero-order chi connectivity index (χ0) is 15.2. The van der Waals surface area contributed by atoms with Crippen LogP contribution in [0, 0.1) is 0 Å². The topological polar surface area (TPSA) is 102 Å². The molecule has 2 aromatic rings. The van der Waals surface area contributed by atoms with Crippen molar-refractivity contribution in [1.82, 2.24) is 4.98 Å². The van der Waals surface area contributed by atoms with Crippen LogP contribution in [-0.4, -0.2) is 28.8 Å². The third kappa shape index (κ3) is 3.47. The summed E-state index contributed by atoms with van der Waals surface area (Å²) in [6.07, 6.45) is 0.529.